The van der Waals surface area contributed by atoms with Crippen LogP contribution < -0.4 is 5.32 Å². The number of benzene rings is 1. The molecule has 1 heterocycles. The summed E-state index contributed by atoms with van der Waals surface area (Å²) in [6.45, 7) is 10.2. The van der Waals surface area contributed by atoms with Gasteiger partial charge in [0.2, 0.25) is 0 Å². The Morgan fingerprint density at radius 3 is 2.50 bits per heavy atom. The number of hydrogen-bond donors (Lipinski definition) is 1. The first kappa shape index (κ1) is 15.9. The van der Waals surface area contributed by atoms with Crippen LogP contribution in [0.2, 0.25) is 0 Å². The molecule has 1 aliphatic rings. The molecule has 0 spiro atoms. The third-order valence-electron chi connectivity index (χ3n) is 4.45. The number of nitrogens with one attached hydrogen (secondary N) is 1. The molecule has 1 saturated heterocycles. The molecule has 112 valence electrons. The van der Waals surface area contributed by atoms with E-state index in [0.717, 1.165) is 12.5 Å². The minimum absolute atomic E-state index is 0.657. The topological polar surface area (TPSA) is 12.0 Å². The molecule has 0 radical (unpaired) electrons. The number of thioether (sulfide) groups is 1. The van der Waals surface area contributed by atoms with Crippen LogP contribution in [-0.4, -0.2) is 24.1 Å². The predicted octanol–water partition coefficient (Wildman–Crippen LogP) is 4.28. The van der Waals surface area contributed by atoms with Crippen molar-refractivity contribution in [3.05, 3.63) is 34.4 Å². The van der Waals surface area contributed by atoms with Crippen LogP contribution >= 0.6 is 11.8 Å². The molecule has 1 aromatic carbocycles. The van der Waals surface area contributed by atoms with Crippen molar-refractivity contribution >= 4 is 11.8 Å². The molecular weight excluding hydrogens is 262 g/mol. The van der Waals surface area contributed by atoms with Crippen LogP contribution in [0.5, 0.6) is 0 Å². The van der Waals surface area contributed by atoms with Crippen molar-refractivity contribution < 1.29 is 0 Å². The van der Waals surface area contributed by atoms with Crippen LogP contribution in [0, 0.1) is 26.7 Å². The molecule has 0 saturated carbocycles. The van der Waals surface area contributed by atoms with E-state index < -0.39 is 0 Å². The van der Waals surface area contributed by atoms with Gasteiger partial charge in [-0.05, 0) is 80.7 Å². The lowest BCUT2D eigenvalue weighted by Gasteiger charge is -2.26. The van der Waals surface area contributed by atoms with Gasteiger partial charge < -0.3 is 5.32 Å². The Labute approximate surface area is 128 Å². The van der Waals surface area contributed by atoms with Gasteiger partial charge in [0.1, 0.15) is 0 Å². The molecule has 0 aliphatic carbocycles. The third kappa shape index (κ3) is 4.02. The maximum absolute atomic E-state index is 3.82. The smallest absolute Gasteiger partial charge is 0.0144 e. The summed E-state index contributed by atoms with van der Waals surface area (Å²) in [6, 6.07) is 5.33. The number of rotatable bonds is 6. The van der Waals surface area contributed by atoms with Gasteiger partial charge >= 0.3 is 0 Å². The third-order valence-corrected chi connectivity index (χ3v) is 5.64. The second-order valence-electron chi connectivity index (χ2n) is 6.27. The zero-order chi connectivity index (χ0) is 14.5. The molecule has 20 heavy (non-hydrogen) atoms. The van der Waals surface area contributed by atoms with Crippen molar-refractivity contribution in [2.75, 3.05) is 18.1 Å². The monoisotopic (exact) mass is 291 g/mol. The highest BCUT2D eigenvalue weighted by molar-refractivity contribution is 7.99. The average Bonchev–Trinajstić information content (AvgIpc) is 2.91. The summed E-state index contributed by atoms with van der Waals surface area (Å²) in [5.41, 5.74) is 5.90. The van der Waals surface area contributed by atoms with Gasteiger partial charge in [0, 0.05) is 6.04 Å². The molecule has 2 unspecified atom stereocenters. The van der Waals surface area contributed by atoms with Crippen LogP contribution in [0.15, 0.2) is 12.1 Å². The standard InChI is InChI=1S/C18H29NS/c1-5-7-19-18(16-6-8-20-12-16)11-17-14(3)9-13(2)10-15(17)4/h9-10,16,18-19H,5-8,11-12H2,1-4H3. The van der Waals surface area contributed by atoms with Crippen molar-refractivity contribution in [2.24, 2.45) is 5.92 Å². The molecule has 0 bridgehead atoms. The number of aryl methyl sites for hydroxylation is 3. The Hall–Kier alpha value is -0.470. The molecule has 1 nitrogen and oxygen atoms in total. The normalized spacial score (nSPS) is 20.3. The average molecular weight is 292 g/mol. The molecule has 1 fully saturated rings. The van der Waals surface area contributed by atoms with Gasteiger partial charge in [-0.3, -0.25) is 0 Å². The summed E-state index contributed by atoms with van der Waals surface area (Å²) in [7, 11) is 0. The molecule has 0 amide bonds. The van der Waals surface area contributed by atoms with E-state index in [1.807, 2.05) is 0 Å². The highest BCUT2D eigenvalue weighted by atomic mass is 32.2. The fourth-order valence-corrected chi connectivity index (χ4v) is 4.69. The van der Waals surface area contributed by atoms with Gasteiger partial charge in [-0.1, -0.05) is 24.6 Å². The van der Waals surface area contributed by atoms with Crippen molar-refractivity contribution in [2.45, 2.75) is 53.0 Å². The van der Waals surface area contributed by atoms with Gasteiger partial charge in [0.15, 0.2) is 0 Å². The minimum atomic E-state index is 0.657. The second-order valence-corrected chi connectivity index (χ2v) is 7.42. The maximum Gasteiger partial charge on any atom is 0.0144 e. The molecule has 1 aliphatic heterocycles. The molecule has 2 heteroatoms. The number of hydrogen-bond acceptors (Lipinski definition) is 2. The van der Waals surface area contributed by atoms with Crippen LogP contribution in [-0.2, 0) is 6.42 Å². The highest BCUT2D eigenvalue weighted by Gasteiger charge is 2.25. The van der Waals surface area contributed by atoms with Crippen molar-refractivity contribution in [1.29, 1.82) is 0 Å². The molecule has 2 rings (SSSR count). The van der Waals surface area contributed by atoms with Crippen LogP contribution in [0.25, 0.3) is 0 Å². The largest absolute Gasteiger partial charge is 0.313 e. The van der Waals surface area contributed by atoms with Gasteiger partial charge in [-0.25, -0.2) is 0 Å². The van der Waals surface area contributed by atoms with Gasteiger partial charge in [-0.2, -0.15) is 11.8 Å². The van der Waals surface area contributed by atoms with E-state index in [1.165, 1.54) is 47.5 Å². The Morgan fingerprint density at radius 1 is 1.25 bits per heavy atom. The zero-order valence-electron chi connectivity index (χ0n) is 13.5. The van der Waals surface area contributed by atoms with Gasteiger partial charge in [0.25, 0.3) is 0 Å². The van der Waals surface area contributed by atoms with Crippen molar-refractivity contribution in [3.63, 3.8) is 0 Å². The predicted molar refractivity (Wildman–Crippen MR) is 91.9 cm³/mol. The second kappa shape index (κ2) is 7.51. The summed E-state index contributed by atoms with van der Waals surface area (Å²) in [5, 5.41) is 3.82. The Kier molecular flexibility index (Phi) is 5.98. The summed E-state index contributed by atoms with van der Waals surface area (Å²) >= 11 is 2.13. The first-order chi connectivity index (χ1) is 9.61. The lowest BCUT2D eigenvalue weighted by Crippen LogP contribution is -2.39. The Morgan fingerprint density at radius 2 is 1.95 bits per heavy atom. The molecule has 2 atom stereocenters. The van der Waals surface area contributed by atoms with Crippen LogP contribution in [0.3, 0.4) is 0 Å². The Bertz CT molecular complexity index is 412. The van der Waals surface area contributed by atoms with E-state index in [0.29, 0.717) is 6.04 Å². The quantitative estimate of drug-likeness (QED) is 0.840. The first-order valence-electron chi connectivity index (χ1n) is 7.99. The molecule has 0 aromatic heterocycles. The van der Waals surface area contributed by atoms with Crippen molar-refractivity contribution in [1.82, 2.24) is 5.32 Å². The summed E-state index contributed by atoms with van der Waals surface area (Å²) in [5.74, 6) is 3.54. The fraction of sp³-hybridized carbons (Fsp3) is 0.667. The minimum Gasteiger partial charge on any atom is -0.313 e. The summed E-state index contributed by atoms with van der Waals surface area (Å²) in [6.07, 6.45) is 3.81. The molecular formula is C18H29NS. The maximum atomic E-state index is 3.82. The zero-order valence-corrected chi connectivity index (χ0v) is 14.3. The van der Waals surface area contributed by atoms with Crippen LogP contribution in [0.1, 0.15) is 42.0 Å². The lowest BCUT2D eigenvalue weighted by molar-refractivity contribution is 0.379. The van der Waals surface area contributed by atoms with Crippen LogP contribution in [0.4, 0.5) is 0 Å². The SMILES string of the molecule is CCCNC(Cc1c(C)cc(C)cc1C)C1CCSC1. The van der Waals surface area contributed by atoms with E-state index in [1.54, 1.807) is 5.56 Å². The summed E-state index contributed by atoms with van der Waals surface area (Å²) in [4.78, 5) is 0. The van der Waals surface area contributed by atoms with E-state index >= 15 is 0 Å². The van der Waals surface area contributed by atoms with E-state index in [4.69, 9.17) is 0 Å². The van der Waals surface area contributed by atoms with E-state index in [9.17, 15) is 0 Å². The summed E-state index contributed by atoms with van der Waals surface area (Å²) < 4.78 is 0. The van der Waals surface area contributed by atoms with E-state index in [2.05, 4.69) is 56.9 Å². The van der Waals surface area contributed by atoms with Gasteiger partial charge in [-0.15, -0.1) is 0 Å². The fourth-order valence-electron chi connectivity index (χ4n) is 3.36. The Balaban J connectivity index is 2.14. The van der Waals surface area contributed by atoms with Crippen molar-refractivity contribution in [3.8, 4) is 0 Å². The molecule has 1 N–H and O–H groups in total. The lowest BCUT2D eigenvalue weighted by atomic mass is 9.88. The highest BCUT2D eigenvalue weighted by Crippen LogP contribution is 2.29. The van der Waals surface area contributed by atoms with E-state index in [-0.39, 0.29) is 0 Å². The first-order valence-corrected chi connectivity index (χ1v) is 9.15. The molecule has 1 aromatic rings. The van der Waals surface area contributed by atoms with Gasteiger partial charge in [0.05, 0.1) is 0 Å².